The van der Waals surface area contributed by atoms with E-state index in [1.54, 1.807) is 7.05 Å². The maximum atomic E-state index is 11.2. The van der Waals surface area contributed by atoms with Gasteiger partial charge < -0.3 is 10.6 Å². The first kappa shape index (κ1) is 13.4. The van der Waals surface area contributed by atoms with Gasteiger partial charge in [0.15, 0.2) is 0 Å². The summed E-state index contributed by atoms with van der Waals surface area (Å²) in [5.74, 6) is 0.598. The molecule has 0 aliphatic rings. The maximum absolute atomic E-state index is 11.2. The van der Waals surface area contributed by atoms with Crippen LogP contribution in [0.4, 0.5) is 0 Å². The molecule has 0 aromatic heterocycles. The van der Waals surface area contributed by atoms with Gasteiger partial charge in [-0.2, -0.15) is 0 Å². The molecule has 3 heteroatoms. The first-order valence-corrected chi connectivity index (χ1v) is 5.24. The van der Waals surface area contributed by atoms with Gasteiger partial charge in [-0.15, -0.1) is 0 Å². The van der Waals surface area contributed by atoms with Crippen molar-refractivity contribution in [1.82, 2.24) is 10.6 Å². The lowest BCUT2D eigenvalue weighted by Crippen LogP contribution is -2.43. The second-order valence-electron chi connectivity index (χ2n) is 5.01. The van der Waals surface area contributed by atoms with Crippen molar-refractivity contribution >= 4 is 5.91 Å². The van der Waals surface area contributed by atoms with Gasteiger partial charge >= 0.3 is 0 Å². The lowest BCUT2D eigenvalue weighted by atomic mass is 9.82. The van der Waals surface area contributed by atoms with E-state index in [1.165, 1.54) is 0 Å². The predicted octanol–water partition coefficient (Wildman–Crippen LogP) is 1.39. The van der Waals surface area contributed by atoms with Crippen molar-refractivity contribution in [1.29, 1.82) is 0 Å². The minimum absolute atomic E-state index is 0.0473. The number of likely N-dealkylation sites (N-methyl/N-ethyl adjacent to an activating group) is 1. The van der Waals surface area contributed by atoms with E-state index >= 15 is 0 Å². The molecule has 0 heterocycles. The molecule has 0 aliphatic heterocycles. The molecular weight excluding hydrogens is 176 g/mol. The molecule has 0 spiro atoms. The summed E-state index contributed by atoms with van der Waals surface area (Å²) in [5.41, 5.74) is 0.287. The van der Waals surface area contributed by atoms with E-state index in [-0.39, 0.29) is 17.4 Å². The highest BCUT2D eigenvalue weighted by Crippen LogP contribution is 2.24. The first-order valence-electron chi connectivity index (χ1n) is 5.24. The molecule has 0 aliphatic carbocycles. The second-order valence-corrected chi connectivity index (χ2v) is 5.01. The first-order chi connectivity index (χ1) is 6.29. The standard InChI is InChI=1S/C11H24N2O/c1-8(11(3,4)5)7-13-9(2)10(14)12-6/h8-9,13H,7H2,1-6H3,(H,12,14). The van der Waals surface area contributed by atoms with Gasteiger partial charge in [-0.1, -0.05) is 27.7 Å². The van der Waals surface area contributed by atoms with Crippen LogP contribution in [0.15, 0.2) is 0 Å². The molecule has 0 fully saturated rings. The van der Waals surface area contributed by atoms with Crippen molar-refractivity contribution in [2.45, 2.75) is 40.7 Å². The highest BCUT2D eigenvalue weighted by molar-refractivity contribution is 5.80. The van der Waals surface area contributed by atoms with Gasteiger partial charge in [-0.25, -0.2) is 0 Å². The van der Waals surface area contributed by atoms with Gasteiger partial charge in [0, 0.05) is 7.05 Å². The molecule has 14 heavy (non-hydrogen) atoms. The predicted molar refractivity (Wildman–Crippen MR) is 60.2 cm³/mol. The van der Waals surface area contributed by atoms with Crippen molar-refractivity contribution in [3.05, 3.63) is 0 Å². The van der Waals surface area contributed by atoms with Gasteiger partial charge in [-0.3, -0.25) is 4.79 Å². The van der Waals surface area contributed by atoms with Crippen LogP contribution in [0.25, 0.3) is 0 Å². The summed E-state index contributed by atoms with van der Waals surface area (Å²) in [7, 11) is 1.66. The van der Waals surface area contributed by atoms with Gasteiger partial charge in [0.1, 0.15) is 0 Å². The lowest BCUT2D eigenvalue weighted by molar-refractivity contribution is -0.122. The average molecular weight is 200 g/mol. The van der Waals surface area contributed by atoms with Crippen molar-refractivity contribution in [3.8, 4) is 0 Å². The zero-order chi connectivity index (χ0) is 11.4. The highest BCUT2D eigenvalue weighted by Gasteiger charge is 2.21. The monoisotopic (exact) mass is 200 g/mol. The molecule has 2 N–H and O–H groups in total. The van der Waals surface area contributed by atoms with E-state index < -0.39 is 0 Å². The van der Waals surface area contributed by atoms with Crippen molar-refractivity contribution in [2.24, 2.45) is 11.3 Å². The number of rotatable bonds is 4. The average Bonchev–Trinajstić information content (AvgIpc) is 2.10. The topological polar surface area (TPSA) is 41.1 Å². The third-order valence-corrected chi connectivity index (χ3v) is 2.85. The van der Waals surface area contributed by atoms with Crippen LogP contribution in [0, 0.1) is 11.3 Å². The number of carbonyl (C=O) groups excluding carboxylic acids is 1. The van der Waals surface area contributed by atoms with E-state index in [2.05, 4.69) is 38.3 Å². The largest absolute Gasteiger partial charge is 0.358 e. The molecule has 0 saturated heterocycles. The van der Waals surface area contributed by atoms with E-state index in [1.807, 2.05) is 6.92 Å². The third-order valence-electron chi connectivity index (χ3n) is 2.85. The number of nitrogens with one attached hydrogen (secondary N) is 2. The van der Waals surface area contributed by atoms with Gasteiger partial charge in [0.2, 0.25) is 5.91 Å². The fraction of sp³-hybridized carbons (Fsp3) is 0.909. The quantitative estimate of drug-likeness (QED) is 0.720. The molecule has 0 aromatic rings. The van der Waals surface area contributed by atoms with E-state index in [9.17, 15) is 4.79 Å². The molecule has 3 nitrogen and oxygen atoms in total. The molecule has 84 valence electrons. The van der Waals surface area contributed by atoms with Crippen LogP contribution in [0.3, 0.4) is 0 Å². The van der Waals surface area contributed by atoms with Gasteiger partial charge in [-0.05, 0) is 24.8 Å². The molecular formula is C11H24N2O. The number of amides is 1. The Morgan fingerprint density at radius 3 is 2.14 bits per heavy atom. The normalized spacial score (nSPS) is 16.1. The minimum Gasteiger partial charge on any atom is -0.358 e. The summed E-state index contributed by atoms with van der Waals surface area (Å²) in [5, 5.41) is 5.85. The van der Waals surface area contributed by atoms with E-state index in [0.29, 0.717) is 5.92 Å². The van der Waals surface area contributed by atoms with Crippen LogP contribution in [-0.2, 0) is 4.79 Å². The Morgan fingerprint density at radius 2 is 1.79 bits per heavy atom. The van der Waals surface area contributed by atoms with Gasteiger partial charge in [0.25, 0.3) is 0 Å². The molecule has 0 rings (SSSR count). The molecule has 0 saturated carbocycles. The SMILES string of the molecule is CNC(=O)C(C)NCC(C)C(C)(C)C. The molecule has 1 amide bonds. The molecule has 0 aromatic carbocycles. The third kappa shape index (κ3) is 4.61. The smallest absolute Gasteiger partial charge is 0.236 e. The molecule has 2 unspecified atom stereocenters. The van der Waals surface area contributed by atoms with Gasteiger partial charge in [0.05, 0.1) is 6.04 Å². The number of carbonyl (C=O) groups is 1. The van der Waals surface area contributed by atoms with Crippen LogP contribution >= 0.6 is 0 Å². The summed E-state index contributed by atoms with van der Waals surface area (Å²) in [4.78, 5) is 11.2. The Bertz CT molecular complexity index is 184. The minimum atomic E-state index is -0.107. The van der Waals surface area contributed by atoms with Crippen molar-refractivity contribution in [2.75, 3.05) is 13.6 Å². The zero-order valence-corrected chi connectivity index (χ0v) is 10.3. The van der Waals surface area contributed by atoms with Crippen molar-refractivity contribution < 1.29 is 4.79 Å². The molecule has 0 bridgehead atoms. The van der Waals surface area contributed by atoms with Crippen LogP contribution in [0.1, 0.15) is 34.6 Å². The summed E-state index contributed by atoms with van der Waals surface area (Å²) in [6.07, 6.45) is 0. The van der Waals surface area contributed by atoms with E-state index in [0.717, 1.165) is 6.54 Å². The fourth-order valence-electron chi connectivity index (χ4n) is 0.969. The second kappa shape index (κ2) is 5.35. The van der Waals surface area contributed by atoms with E-state index in [4.69, 9.17) is 0 Å². The van der Waals surface area contributed by atoms with Crippen LogP contribution in [-0.4, -0.2) is 25.5 Å². The fourth-order valence-corrected chi connectivity index (χ4v) is 0.969. The summed E-state index contributed by atoms with van der Waals surface area (Å²) in [6.45, 7) is 11.6. The Morgan fingerprint density at radius 1 is 1.29 bits per heavy atom. The van der Waals surface area contributed by atoms with Crippen LogP contribution in [0.5, 0.6) is 0 Å². The lowest BCUT2D eigenvalue weighted by Gasteiger charge is -2.28. The summed E-state index contributed by atoms with van der Waals surface area (Å²) >= 11 is 0. The molecule has 2 atom stereocenters. The summed E-state index contributed by atoms with van der Waals surface area (Å²) < 4.78 is 0. The Balaban J connectivity index is 3.89. The number of hydrogen-bond donors (Lipinski definition) is 2. The summed E-state index contributed by atoms with van der Waals surface area (Å²) in [6, 6.07) is -0.107. The van der Waals surface area contributed by atoms with Crippen LogP contribution < -0.4 is 10.6 Å². The molecule has 0 radical (unpaired) electrons. The Hall–Kier alpha value is -0.570. The maximum Gasteiger partial charge on any atom is 0.236 e. The Labute approximate surface area is 87.6 Å². The van der Waals surface area contributed by atoms with Crippen molar-refractivity contribution in [3.63, 3.8) is 0 Å². The number of hydrogen-bond acceptors (Lipinski definition) is 2. The zero-order valence-electron chi connectivity index (χ0n) is 10.3. The van der Waals surface area contributed by atoms with Crippen LogP contribution in [0.2, 0.25) is 0 Å². The highest BCUT2D eigenvalue weighted by atomic mass is 16.2. The Kier molecular flexibility index (Phi) is 5.13.